The van der Waals surface area contributed by atoms with Gasteiger partial charge < -0.3 is 15.0 Å². The molecule has 0 amide bonds. The number of carbonyl (C=O) groups is 1. The molecular formula is C28H25N7O2. The van der Waals surface area contributed by atoms with Crippen molar-refractivity contribution < 1.29 is 9.53 Å². The lowest BCUT2D eigenvalue weighted by atomic mass is 10.0. The van der Waals surface area contributed by atoms with Gasteiger partial charge in [-0.3, -0.25) is 9.97 Å². The van der Waals surface area contributed by atoms with Crippen molar-refractivity contribution in [2.24, 2.45) is 0 Å². The van der Waals surface area contributed by atoms with Gasteiger partial charge in [0, 0.05) is 34.6 Å². The molecule has 2 N–H and O–H groups in total. The number of rotatable bonds is 5. The molecule has 9 nitrogen and oxygen atoms in total. The molecule has 1 aliphatic heterocycles. The summed E-state index contributed by atoms with van der Waals surface area (Å²) in [5.41, 5.74) is 6.16. The summed E-state index contributed by atoms with van der Waals surface area (Å²) in [7, 11) is 0. The maximum absolute atomic E-state index is 12.7. The minimum Gasteiger partial charge on any atom is -0.458 e. The Morgan fingerprint density at radius 3 is 2.70 bits per heavy atom. The van der Waals surface area contributed by atoms with E-state index < -0.39 is 5.97 Å². The lowest BCUT2D eigenvalue weighted by molar-refractivity contribution is 0.0223. The number of aromatic amines is 1. The van der Waals surface area contributed by atoms with Crippen LogP contribution in [0.15, 0.2) is 67.3 Å². The average molecular weight is 492 g/mol. The maximum Gasteiger partial charge on any atom is 0.357 e. The van der Waals surface area contributed by atoms with Crippen LogP contribution in [0.4, 0.5) is 0 Å². The van der Waals surface area contributed by atoms with Gasteiger partial charge in [0.15, 0.2) is 11.5 Å². The van der Waals surface area contributed by atoms with E-state index in [1.165, 1.54) is 0 Å². The van der Waals surface area contributed by atoms with Gasteiger partial charge in [0.05, 0.1) is 28.9 Å². The molecule has 0 aliphatic carbocycles. The van der Waals surface area contributed by atoms with Crippen molar-refractivity contribution in [3.05, 3.63) is 78.6 Å². The standard InChI is InChI=1S/C28H25N7O2/c1-17-3-2-4-23(34-17)26-25(32-16-33-26)18-5-6-22-19(13-18)14-20(15-31-22)27-30-12-9-24(35-27)28(36)37-21-7-10-29-11-8-21/h2-6,9,12-16,21,29H,7-8,10-11H2,1H3,(H,32,33). The van der Waals surface area contributed by atoms with Crippen LogP contribution in [0.5, 0.6) is 0 Å². The normalized spacial score (nSPS) is 14.1. The van der Waals surface area contributed by atoms with E-state index in [-0.39, 0.29) is 11.8 Å². The number of esters is 1. The molecular weight excluding hydrogens is 466 g/mol. The molecule has 5 heterocycles. The van der Waals surface area contributed by atoms with Crippen LogP contribution in [0.3, 0.4) is 0 Å². The van der Waals surface area contributed by atoms with Crippen LogP contribution >= 0.6 is 0 Å². The smallest absolute Gasteiger partial charge is 0.357 e. The van der Waals surface area contributed by atoms with E-state index in [2.05, 4.69) is 35.2 Å². The van der Waals surface area contributed by atoms with Crippen molar-refractivity contribution in [2.45, 2.75) is 25.9 Å². The number of ether oxygens (including phenoxy) is 1. The summed E-state index contributed by atoms with van der Waals surface area (Å²) in [6.07, 6.45) is 6.49. The van der Waals surface area contributed by atoms with Crippen molar-refractivity contribution in [2.75, 3.05) is 13.1 Å². The molecule has 184 valence electrons. The third kappa shape index (κ3) is 4.81. The number of fused-ring (bicyclic) bond motifs is 1. The van der Waals surface area contributed by atoms with Gasteiger partial charge in [0.1, 0.15) is 6.10 Å². The quantitative estimate of drug-likeness (QED) is 0.348. The number of benzene rings is 1. The Morgan fingerprint density at radius 2 is 1.84 bits per heavy atom. The van der Waals surface area contributed by atoms with Crippen molar-refractivity contribution in [1.82, 2.24) is 35.2 Å². The second-order valence-electron chi connectivity index (χ2n) is 9.04. The third-order valence-electron chi connectivity index (χ3n) is 6.42. The number of pyridine rings is 2. The molecule has 0 radical (unpaired) electrons. The van der Waals surface area contributed by atoms with E-state index in [0.717, 1.165) is 65.2 Å². The number of nitrogens with zero attached hydrogens (tertiary/aromatic N) is 5. The molecule has 0 unspecified atom stereocenters. The molecule has 1 aromatic carbocycles. The SMILES string of the molecule is Cc1cccc(-c2[nH]cnc2-c2ccc3ncc(-c4nccc(C(=O)OC5CCNCC5)n4)cc3c2)n1. The number of aryl methyl sites for hydroxylation is 1. The first-order valence-corrected chi connectivity index (χ1v) is 12.3. The highest BCUT2D eigenvalue weighted by molar-refractivity contribution is 5.90. The van der Waals surface area contributed by atoms with Crippen molar-refractivity contribution in [3.8, 4) is 34.0 Å². The topological polar surface area (TPSA) is 119 Å². The Kier molecular flexibility index (Phi) is 6.11. The lowest BCUT2D eigenvalue weighted by Gasteiger charge is -2.22. The van der Waals surface area contributed by atoms with Crippen LogP contribution in [-0.2, 0) is 4.74 Å². The zero-order chi connectivity index (χ0) is 25.2. The van der Waals surface area contributed by atoms with Gasteiger partial charge >= 0.3 is 5.97 Å². The zero-order valence-electron chi connectivity index (χ0n) is 20.3. The molecule has 1 aliphatic rings. The molecule has 4 aromatic heterocycles. The van der Waals surface area contributed by atoms with Gasteiger partial charge in [-0.25, -0.2) is 19.7 Å². The van der Waals surface area contributed by atoms with Gasteiger partial charge in [-0.2, -0.15) is 0 Å². The second-order valence-corrected chi connectivity index (χ2v) is 9.04. The molecule has 0 atom stereocenters. The maximum atomic E-state index is 12.7. The van der Waals surface area contributed by atoms with E-state index in [0.29, 0.717) is 11.4 Å². The van der Waals surface area contributed by atoms with Crippen LogP contribution in [-0.4, -0.2) is 55.1 Å². The molecule has 0 bridgehead atoms. The van der Waals surface area contributed by atoms with Gasteiger partial charge in [-0.1, -0.05) is 12.1 Å². The predicted molar refractivity (Wildman–Crippen MR) is 140 cm³/mol. The minimum atomic E-state index is -0.428. The van der Waals surface area contributed by atoms with Crippen LogP contribution in [0.2, 0.25) is 0 Å². The molecule has 0 spiro atoms. The largest absolute Gasteiger partial charge is 0.458 e. The van der Waals surface area contributed by atoms with Crippen LogP contribution in [0.25, 0.3) is 44.9 Å². The number of carbonyl (C=O) groups excluding carboxylic acids is 1. The molecule has 0 saturated carbocycles. The van der Waals surface area contributed by atoms with Crippen molar-refractivity contribution in [1.29, 1.82) is 0 Å². The van der Waals surface area contributed by atoms with Gasteiger partial charge in [0.2, 0.25) is 0 Å². The van der Waals surface area contributed by atoms with E-state index in [4.69, 9.17) is 4.74 Å². The number of piperidine rings is 1. The third-order valence-corrected chi connectivity index (χ3v) is 6.42. The number of hydrogen-bond donors (Lipinski definition) is 2. The van der Waals surface area contributed by atoms with E-state index in [1.807, 2.05) is 49.4 Å². The minimum absolute atomic E-state index is 0.0881. The highest BCUT2D eigenvalue weighted by atomic mass is 16.5. The summed E-state index contributed by atoms with van der Waals surface area (Å²) in [5, 5.41) is 4.18. The number of nitrogens with one attached hydrogen (secondary N) is 2. The van der Waals surface area contributed by atoms with E-state index in [1.54, 1.807) is 24.8 Å². The first-order chi connectivity index (χ1) is 18.1. The van der Waals surface area contributed by atoms with Gasteiger partial charge in [-0.05, 0) is 69.3 Å². The lowest BCUT2D eigenvalue weighted by Crippen LogP contribution is -2.33. The van der Waals surface area contributed by atoms with Crippen LogP contribution in [0.1, 0.15) is 29.0 Å². The first kappa shape index (κ1) is 22.9. The Bertz CT molecular complexity index is 1590. The fourth-order valence-corrected chi connectivity index (χ4v) is 4.53. The first-order valence-electron chi connectivity index (χ1n) is 12.3. The average Bonchev–Trinajstić information content (AvgIpc) is 3.43. The Hall–Kier alpha value is -4.50. The summed E-state index contributed by atoms with van der Waals surface area (Å²) in [4.78, 5) is 38.6. The second kappa shape index (κ2) is 9.87. The summed E-state index contributed by atoms with van der Waals surface area (Å²) >= 11 is 0. The van der Waals surface area contributed by atoms with Crippen molar-refractivity contribution in [3.63, 3.8) is 0 Å². The monoisotopic (exact) mass is 491 g/mol. The van der Waals surface area contributed by atoms with Crippen LogP contribution < -0.4 is 5.32 Å². The Morgan fingerprint density at radius 1 is 0.973 bits per heavy atom. The number of H-pyrrole nitrogens is 1. The summed E-state index contributed by atoms with van der Waals surface area (Å²) in [6, 6.07) is 15.5. The molecule has 6 rings (SSSR count). The molecule has 1 saturated heterocycles. The van der Waals surface area contributed by atoms with Crippen molar-refractivity contribution >= 4 is 16.9 Å². The fourth-order valence-electron chi connectivity index (χ4n) is 4.53. The molecule has 5 aromatic rings. The highest BCUT2D eigenvalue weighted by Gasteiger charge is 2.20. The molecule has 1 fully saturated rings. The summed E-state index contributed by atoms with van der Waals surface area (Å²) < 4.78 is 5.65. The van der Waals surface area contributed by atoms with E-state index in [9.17, 15) is 4.79 Å². The summed E-state index contributed by atoms with van der Waals surface area (Å²) in [5.74, 6) is -0.00797. The van der Waals surface area contributed by atoms with Gasteiger partial charge in [-0.15, -0.1) is 0 Å². The number of hydrogen-bond acceptors (Lipinski definition) is 8. The fraction of sp³-hybridized carbons (Fsp3) is 0.214. The van der Waals surface area contributed by atoms with Gasteiger partial charge in [0.25, 0.3) is 0 Å². The number of imidazole rings is 1. The highest BCUT2D eigenvalue weighted by Crippen LogP contribution is 2.31. The number of aromatic nitrogens is 6. The predicted octanol–water partition coefficient (Wildman–Crippen LogP) is 4.36. The zero-order valence-corrected chi connectivity index (χ0v) is 20.3. The Labute approximate surface area is 213 Å². The Balaban J connectivity index is 1.31. The summed E-state index contributed by atoms with van der Waals surface area (Å²) in [6.45, 7) is 3.66. The molecule has 9 heteroatoms. The molecule has 37 heavy (non-hydrogen) atoms. The van der Waals surface area contributed by atoms with Crippen LogP contribution in [0, 0.1) is 6.92 Å². The van der Waals surface area contributed by atoms with E-state index >= 15 is 0 Å².